The summed E-state index contributed by atoms with van der Waals surface area (Å²) >= 11 is 1.14. The number of carbonyl (C=O) groups is 1. The second kappa shape index (κ2) is 6.15. The van der Waals surface area contributed by atoms with E-state index in [9.17, 15) is 13.6 Å². The summed E-state index contributed by atoms with van der Waals surface area (Å²) in [5.41, 5.74) is 5.24. The Balaban J connectivity index is 2.40. The molecule has 0 atom stereocenters. The van der Waals surface area contributed by atoms with Gasteiger partial charge in [-0.15, -0.1) is 11.8 Å². The highest BCUT2D eigenvalue weighted by atomic mass is 32.2. The SMILES string of the molecule is CC(C)(N)CNC(=O)CSc1ccc(F)c(F)c1. The van der Waals surface area contributed by atoms with Crippen LogP contribution in [0.25, 0.3) is 0 Å². The zero-order valence-electron chi connectivity index (χ0n) is 10.3. The molecule has 6 heteroatoms. The van der Waals surface area contributed by atoms with Crippen LogP contribution in [0.2, 0.25) is 0 Å². The van der Waals surface area contributed by atoms with E-state index in [1.165, 1.54) is 6.07 Å². The van der Waals surface area contributed by atoms with Crippen molar-refractivity contribution in [3.8, 4) is 0 Å². The second-order valence-corrected chi connectivity index (χ2v) is 5.68. The molecular weight excluding hydrogens is 258 g/mol. The molecule has 0 aromatic heterocycles. The fourth-order valence-corrected chi connectivity index (χ4v) is 1.84. The van der Waals surface area contributed by atoms with Crippen LogP contribution in [0.5, 0.6) is 0 Å². The summed E-state index contributed by atoms with van der Waals surface area (Å²) in [6.07, 6.45) is 0. The number of amides is 1. The Labute approximate surface area is 109 Å². The molecule has 1 amide bonds. The Bertz CT molecular complexity index is 433. The number of hydrogen-bond donors (Lipinski definition) is 2. The normalized spacial score (nSPS) is 11.4. The van der Waals surface area contributed by atoms with E-state index in [1.807, 2.05) is 0 Å². The summed E-state index contributed by atoms with van der Waals surface area (Å²) in [5.74, 6) is -1.86. The molecule has 0 aliphatic heterocycles. The number of rotatable bonds is 5. The highest BCUT2D eigenvalue weighted by Gasteiger charge is 2.12. The summed E-state index contributed by atoms with van der Waals surface area (Å²) in [6, 6.07) is 3.54. The fraction of sp³-hybridized carbons (Fsp3) is 0.417. The number of thioether (sulfide) groups is 1. The van der Waals surface area contributed by atoms with Crippen molar-refractivity contribution in [2.24, 2.45) is 5.73 Å². The lowest BCUT2D eigenvalue weighted by Crippen LogP contribution is -2.45. The number of hydrogen-bond acceptors (Lipinski definition) is 3. The maximum absolute atomic E-state index is 12.9. The average Bonchev–Trinajstić information content (AvgIpc) is 2.27. The molecular formula is C12H16F2N2OS. The minimum absolute atomic E-state index is 0.140. The summed E-state index contributed by atoms with van der Waals surface area (Å²) < 4.78 is 25.6. The molecule has 0 heterocycles. The van der Waals surface area contributed by atoms with Gasteiger partial charge in [0.05, 0.1) is 5.75 Å². The van der Waals surface area contributed by atoms with E-state index in [4.69, 9.17) is 5.73 Å². The van der Waals surface area contributed by atoms with E-state index in [1.54, 1.807) is 13.8 Å². The minimum Gasteiger partial charge on any atom is -0.354 e. The predicted molar refractivity (Wildman–Crippen MR) is 68.4 cm³/mol. The number of nitrogens with two attached hydrogens (primary N) is 1. The Morgan fingerprint density at radius 1 is 1.39 bits per heavy atom. The van der Waals surface area contributed by atoms with Gasteiger partial charge in [0.25, 0.3) is 0 Å². The molecule has 1 aromatic rings. The standard InChI is InChI=1S/C12H16F2N2OS/c1-12(2,15)7-16-11(17)6-18-8-3-4-9(13)10(14)5-8/h3-5H,6-7,15H2,1-2H3,(H,16,17). The van der Waals surface area contributed by atoms with Gasteiger partial charge in [0.15, 0.2) is 11.6 Å². The molecule has 0 bridgehead atoms. The van der Waals surface area contributed by atoms with Gasteiger partial charge in [-0.2, -0.15) is 0 Å². The first kappa shape index (κ1) is 14.9. The van der Waals surface area contributed by atoms with Crippen LogP contribution in [-0.4, -0.2) is 23.7 Å². The molecule has 0 unspecified atom stereocenters. The zero-order valence-corrected chi connectivity index (χ0v) is 11.1. The maximum atomic E-state index is 12.9. The molecule has 0 saturated heterocycles. The molecule has 1 aromatic carbocycles. The summed E-state index contributed by atoms with van der Waals surface area (Å²) in [5, 5.41) is 2.67. The molecule has 0 aliphatic carbocycles. The molecule has 18 heavy (non-hydrogen) atoms. The van der Waals surface area contributed by atoms with E-state index >= 15 is 0 Å². The lowest BCUT2D eigenvalue weighted by Gasteiger charge is -2.18. The van der Waals surface area contributed by atoms with Gasteiger partial charge in [0.2, 0.25) is 5.91 Å². The maximum Gasteiger partial charge on any atom is 0.230 e. The van der Waals surface area contributed by atoms with Crippen LogP contribution in [0.4, 0.5) is 8.78 Å². The zero-order chi connectivity index (χ0) is 13.8. The Kier molecular flexibility index (Phi) is 5.10. The molecule has 0 saturated carbocycles. The largest absolute Gasteiger partial charge is 0.354 e. The quantitative estimate of drug-likeness (QED) is 0.806. The smallest absolute Gasteiger partial charge is 0.230 e. The molecule has 0 radical (unpaired) electrons. The van der Waals surface area contributed by atoms with Crippen LogP contribution < -0.4 is 11.1 Å². The fourth-order valence-electron chi connectivity index (χ4n) is 1.09. The average molecular weight is 274 g/mol. The van der Waals surface area contributed by atoms with E-state index in [-0.39, 0.29) is 11.7 Å². The van der Waals surface area contributed by atoms with Gasteiger partial charge in [0, 0.05) is 17.0 Å². The van der Waals surface area contributed by atoms with Crippen LogP contribution in [0.1, 0.15) is 13.8 Å². The van der Waals surface area contributed by atoms with Crippen molar-refractivity contribution in [2.75, 3.05) is 12.3 Å². The van der Waals surface area contributed by atoms with Gasteiger partial charge in [-0.1, -0.05) is 0 Å². The van der Waals surface area contributed by atoms with Gasteiger partial charge in [0.1, 0.15) is 0 Å². The highest BCUT2D eigenvalue weighted by molar-refractivity contribution is 8.00. The number of benzene rings is 1. The van der Waals surface area contributed by atoms with Crippen LogP contribution in [0.15, 0.2) is 23.1 Å². The van der Waals surface area contributed by atoms with Crippen molar-refractivity contribution in [1.82, 2.24) is 5.32 Å². The van der Waals surface area contributed by atoms with Crippen molar-refractivity contribution in [2.45, 2.75) is 24.3 Å². The van der Waals surface area contributed by atoms with Gasteiger partial charge >= 0.3 is 0 Å². The highest BCUT2D eigenvalue weighted by Crippen LogP contribution is 2.19. The van der Waals surface area contributed by atoms with Crippen molar-refractivity contribution in [1.29, 1.82) is 0 Å². The first-order valence-electron chi connectivity index (χ1n) is 5.41. The third kappa shape index (κ3) is 5.46. The van der Waals surface area contributed by atoms with E-state index in [0.29, 0.717) is 11.4 Å². The third-order valence-electron chi connectivity index (χ3n) is 2.00. The summed E-state index contributed by atoms with van der Waals surface area (Å²) in [7, 11) is 0. The lowest BCUT2D eigenvalue weighted by molar-refractivity contribution is -0.118. The molecule has 1 rings (SSSR count). The monoisotopic (exact) mass is 274 g/mol. The third-order valence-corrected chi connectivity index (χ3v) is 3.00. The van der Waals surface area contributed by atoms with Crippen LogP contribution >= 0.6 is 11.8 Å². The number of nitrogens with one attached hydrogen (secondary N) is 1. The van der Waals surface area contributed by atoms with Crippen molar-refractivity contribution >= 4 is 17.7 Å². The summed E-state index contributed by atoms with van der Waals surface area (Å²) in [4.78, 5) is 12.0. The number of carbonyl (C=O) groups excluding carboxylic acids is 1. The summed E-state index contributed by atoms with van der Waals surface area (Å²) in [6.45, 7) is 3.97. The Hall–Kier alpha value is -1.14. The molecule has 0 spiro atoms. The van der Waals surface area contributed by atoms with Gasteiger partial charge in [-0.3, -0.25) is 4.79 Å². The number of halogens is 2. The molecule has 3 N–H and O–H groups in total. The van der Waals surface area contributed by atoms with Gasteiger partial charge < -0.3 is 11.1 Å². The minimum atomic E-state index is -0.913. The van der Waals surface area contributed by atoms with Crippen molar-refractivity contribution < 1.29 is 13.6 Å². The molecule has 3 nitrogen and oxygen atoms in total. The van der Waals surface area contributed by atoms with Crippen molar-refractivity contribution in [3.63, 3.8) is 0 Å². The molecule has 0 fully saturated rings. The van der Waals surface area contributed by atoms with Gasteiger partial charge in [-0.25, -0.2) is 8.78 Å². The first-order valence-corrected chi connectivity index (χ1v) is 6.40. The molecule has 100 valence electrons. The van der Waals surface area contributed by atoms with Crippen LogP contribution in [0, 0.1) is 11.6 Å². The topological polar surface area (TPSA) is 55.1 Å². The van der Waals surface area contributed by atoms with Crippen LogP contribution in [-0.2, 0) is 4.79 Å². The first-order chi connectivity index (χ1) is 8.28. The van der Waals surface area contributed by atoms with E-state index < -0.39 is 17.2 Å². The van der Waals surface area contributed by atoms with Crippen LogP contribution in [0.3, 0.4) is 0 Å². The second-order valence-electron chi connectivity index (χ2n) is 4.63. The van der Waals surface area contributed by atoms with Gasteiger partial charge in [-0.05, 0) is 32.0 Å². The lowest BCUT2D eigenvalue weighted by atomic mass is 10.1. The predicted octanol–water partition coefficient (Wildman–Crippen LogP) is 1.91. The Morgan fingerprint density at radius 2 is 2.06 bits per heavy atom. The van der Waals surface area contributed by atoms with E-state index in [2.05, 4.69) is 5.32 Å². The molecule has 0 aliphatic rings. The van der Waals surface area contributed by atoms with Crippen molar-refractivity contribution in [3.05, 3.63) is 29.8 Å². The Morgan fingerprint density at radius 3 is 2.61 bits per heavy atom. The van der Waals surface area contributed by atoms with E-state index in [0.717, 1.165) is 23.9 Å².